The summed E-state index contributed by atoms with van der Waals surface area (Å²) in [5, 5.41) is 0. The average molecular weight is 504 g/mol. The Morgan fingerprint density at radius 3 is 2.53 bits per heavy atom. The van der Waals surface area contributed by atoms with Crippen LogP contribution < -0.4 is 13.8 Å². The number of ether oxygens (including phenoxy) is 2. The molecule has 34 heavy (non-hydrogen) atoms. The standard InChI is InChI=1S/C21H14F6N2O4S/c22-14-8-12(9-15(11-14)33-20(23)24)17-4-5-18-19(28-17)29(6-7-32-18)34(30,31)16-3-1-2-13(10-16)21(25,26)27/h1-5,8-11,20H,6-7H2. The van der Waals surface area contributed by atoms with E-state index in [0.29, 0.717) is 6.07 Å². The quantitative estimate of drug-likeness (QED) is 0.453. The molecule has 1 aliphatic heterocycles. The van der Waals surface area contributed by atoms with Crippen LogP contribution in [0.2, 0.25) is 0 Å². The highest BCUT2D eigenvalue weighted by Crippen LogP contribution is 2.37. The number of aromatic nitrogens is 1. The number of sulfonamides is 1. The summed E-state index contributed by atoms with van der Waals surface area (Å²) in [4.78, 5) is 3.57. The van der Waals surface area contributed by atoms with Gasteiger partial charge in [0.15, 0.2) is 11.6 Å². The maximum atomic E-state index is 13.9. The van der Waals surface area contributed by atoms with E-state index >= 15 is 0 Å². The predicted octanol–water partition coefficient (Wildman–Crippen LogP) is 5.10. The van der Waals surface area contributed by atoms with Crippen LogP contribution in [0.1, 0.15) is 5.56 Å². The molecule has 0 atom stereocenters. The van der Waals surface area contributed by atoms with Crippen LogP contribution in [0.25, 0.3) is 11.3 Å². The van der Waals surface area contributed by atoms with E-state index in [-0.39, 0.29) is 36.0 Å². The first-order chi connectivity index (χ1) is 15.9. The van der Waals surface area contributed by atoms with Gasteiger partial charge >= 0.3 is 12.8 Å². The van der Waals surface area contributed by atoms with E-state index in [4.69, 9.17) is 4.74 Å². The van der Waals surface area contributed by atoms with E-state index in [1.165, 1.54) is 12.1 Å². The van der Waals surface area contributed by atoms with Gasteiger partial charge in [-0.05, 0) is 42.5 Å². The van der Waals surface area contributed by atoms with Gasteiger partial charge in [0.2, 0.25) is 0 Å². The van der Waals surface area contributed by atoms with E-state index in [9.17, 15) is 34.8 Å². The van der Waals surface area contributed by atoms with Crippen LogP contribution in [-0.2, 0) is 16.2 Å². The maximum Gasteiger partial charge on any atom is 0.416 e. The van der Waals surface area contributed by atoms with Gasteiger partial charge in [-0.15, -0.1) is 0 Å². The van der Waals surface area contributed by atoms with Gasteiger partial charge in [-0.25, -0.2) is 22.1 Å². The van der Waals surface area contributed by atoms with Crippen molar-refractivity contribution < 1.29 is 44.2 Å². The lowest BCUT2D eigenvalue weighted by Crippen LogP contribution is -2.38. The summed E-state index contributed by atoms with van der Waals surface area (Å²) in [6.45, 7) is -3.56. The summed E-state index contributed by atoms with van der Waals surface area (Å²) < 4.78 is 115. The number of hydrogen-bond acceptors (Lipinski definition) is 5. The van der Waals surface area contributed by atoms with Gasteiger partial charge in [0.1, 0.15) is 18.2 Å². The smallest absolute Gasteiger partial charge is 0.416 e. The maximum absolute atomic E-state index is 13.9. The minimum absolute atomic E-state index is 0.000408. The highest BCUT2D eigenvalue weighted by atomic mass is 32.2. The van der Waals surface area contributed by atoms with E-state index in [1.807, 2.05) is 0 Å². The molecule has 0 unspecified atom stereocenters. The van der Waals surface area contributed by atoms with Gasteiger partial charge in [0.05, 0.1) is 22.7 Å². The molecule has 2 aromatic carbocycles. The van der Waals surface area contributed by atoms with Crippen LogP contribution in [0.4, 0.5) is 32.2 Å². The lowest BCUT2D eigenvalue weighted by atomic mass is 10.1. The summed E-state index contributed by atoms with van der Waals surface area (Å²) >= 11 is 0. The molecule has 0 fully saturated rings. The van der Waals surface area contributed by atoms with Crippen molar-refractivity contribution in [3.05, 3.63) is 66.0 Å². The Morgan fingerprint density at radius 2 is 1.82 bits per heavy atom. The highest BCUT2D eigenvalue weighted by molar-refractivity contribution is 7.92. The second-order valence-corrected chi connectivity index (χ2v) is 8.89. The molecule has 0 saturated carbocycles. The van der Waals surface area contributed by atoms with Gasteiger partial charge in [-0.3, -0.25) is 0 Å². The SMILES string of the molecule is O=S(=O)(c1cccc(C(F)(F)F)c1)N1CCOc2ccc(-c3cc(F)cc(OC(F)F)c3)nc21. The zero-order valence-corrected chi connectivity index (χ0v) is 17.7. The summed E-state index contributed by atoms with van der Waals surface area (Å²) in [7, 11) is -4.50. The normalized spacial score (nSPS) is 14.0. The van der Waals surface area contributed by atoms with Gasteiger partial charge in [0, 0.05) is 11.6 Å². The Bertz CT molecular complexity index is 1330. The molecule has 3 aromatic rings. The van der Waals surface area contributed by atoms with Crippen molar-refractivity contribution in [1.29, 1.82) is 0 Å². The average Bonchev–Trinajstić information content (AvgIpc) is 2.77. The molecule has 2 heterocycles. The Kier molecular flexibility index (Phi) is 6.06. The number of rotatable bonds is 5. The van der Waals surface area contributed by atoms with Crippen molar-refractivity contribution in [2.45, 2.75) is 17.7 Å². The first-order valence-electron chi connectivity index (χ1n) is 9.55. The van der Waals surface area contributed by atoms with E-state index in [0.717, 1.165) is 40.7 Å². The molecule has 1 aromatic heterocycles. The molecule has 0 amide bonds. The number of alkyl halides is 5. The molecule has 4 rings (SSSR count). The van der Waals surface area contributed by atoms with Gasteiger partial charge in [-0.2, -0.15) is 22.0 Å². The summed E-state index contributed by atoms with van der Waals surface area (Å²) in [5.74, 6) is -1.61. The minimum Gasteiger partial charge on any atom is -0.488 e. The Balaban J connectivity index is 1.77. The fourth-order valence-corrected chi connectivity index (χ4v) is 4.76. The summed E-state index contributed by atoms with van der Waals surface area (Å²) in [6, 6.07) is 8.72. The largest absolute Gasteiger partial charge is 0.488 e. The number of nitrogens with zero attached hydrogens (tertiary/aromatic N) is 2. The Morgan fingerprint density at radius 1 is 1.06 bits per heavy atom. The van der Waals surface area contributed by atoms with E-state index < -0.39 is 44.8 Å². The molecule has 180 valence electrons. The molecular formula is C21H14F6N2O4S. The monoisotopic (exact) mass is 504 g/mol. The Labute approximate surface area is 189 Å². The molecule has 13 heteroatoms. The fraction of sp³-hybridized carbons (Fsp3) is 0.190. The molecule has 0 radical (unpaired) electrons. The van der Waals surface area contributed by atoms with Crippen LogP contribution in [0.15, 0.2) is 59.5 Å². The molecular weight excluding hydrogens is 490 g/mol. The van der Waals surface area contributed by atoms with Crippen LogP contribution in [-0.4, -0.2) is 33.2 Å². The summed E-state index contributed by atoms with van der Waals surface area (Å²) in [6.07, 6.45) is -4.75. The lowest BCUT2D eigenvalue weighted by Gasteiger charge is -2.29. The zero-order chi connectivity index (χ0) is 24.7. The van der Waals surface area contributed by atoms with Gasteiger partial charge in [0.25, 0.3) is 10.0 Å². The van der Waals surface area contributed by atoms with Crippen LogP contribution in [0.3, 0.4) is 0 Å². The fourth-order valence-electron chi connectivity index (χ4n) is 3.31. The molecule has 0 spiro atoms. The second-order valence-electron chi connectivity index (χ2n) is 7.02. The third-order valence-electron chi connectivity index (χ3n) is 4.77. The van der Waals surface area contributed by atoms with Crippen LogP contribution in [0, 0.1) is 5.82 Å². The Hall–Kier alpha value is -3.48. The number of benzene rings is 2. The van der Waals surface area contributed by atoms with Gasteiger partial charge < -0.3 is 9.47 Å². The molecule has 6 nitrogen and oxygen atoms in total. The topological polar surface area (TPSA) is 68.7 Å². The summed E-state index contributed by atoms with van der Waals surface area (Å²) in [5.41, 5.74) is -1.15. The number of fused-ring (bicyclic) bond motifs is 1. The van der Waals surface area contributed by atoms with E-state index in [1.54, 1.807) is 0 Å². The van der Waals surface area contributed by atoms with E-state index in [2.05, 4.69) is 9.72 Å². The molecule has 1 aliphatic rings. The van der Waals surface area contributed by atoms with Crippen molar-refractivity contribution in [2.24, 2.45) is 0 Å². The molecule has 0 N–H and O–H groups in total. The molecule has 0 bridgehead atoms. The third-order valence-corrected chi connectivity index (χ3v) is 6.55. The third kappa shape index (κ3) is 4.74. The van der Waals surface area contributed by atoms with Gasteiger partial charge in [-0.1, -0.05) is 6.07 Å². The molecule has 0 saturated heterocycles. The number of hydrogen-bond donors (Lipinski definition) is 0. The van der Waals surface area contributed by atoms with Crippen LogP contribution >= 0.6 is 0 Å². The van der Waals surface area contributed by atoms with Crippen molar-refractivity contribution >= 4 is 15.8 Å². The predicted molar refractivity (Wildman–Crippen MR) is 108 cm³/mol. The lowest BCUT2D eigenvalue weighted by molar-refractivity contribution is -0.137. The first-order valence-corrected chi connectivity index (χ1v) is 11.0. The second kappa shape index (κ2) is 8.70. The number of halogens is 6. The van der Waals surface area contributed by atoms with Crippen molar-refractivity contribution in [2.75, 3.05) is 17.5 Å². The van der Waals surface area contributed by atoms with Crippen molar-refractivity contribution in [3.8, 4) is 22.8 Å². The number of anilines is 1. The van der Waals surface area contributed by atoms with Crippen molar-refractivity contribution in [3.63, 3.8) is 0 Å². The zero-order valence-electron chi connectivity index (χ0n) is 16.9. The highest BCUT2D eigenvalue weighted by Gasteiger charge is 2.35. The first kappa shape index (κ1) is 23.7. The van der Waals surface area contributed by atoms with Crippen LogP contribution in [0.5, 0.6) is 11.5 Å². The van der Waals surface area contributed by atoms with Crippen molar-refractivity contribution in [1.82, 2.24) is 4.98 Å². The molecule has 0 aliphatic carbocycles. The minimum atomic E-state index is -4.75. The number of pyridine rings is 1.